The molecule has 0 amide bonds. The molecule has 2 nitrogen and oxygen atoms in total. The highest BCUT2D eigenvalue weighted by atomic mass is 16.3. The first-order chi connectivity index (χ1) is 9.60. The Balaban J connectivity index is 1.62. The largest absolute Gasteiger partial charge is 0.387 e. The Kier molecular flexibility index (Phi) is 4.13. The fourth-order valence-corrected chi connectivity index (χ4v) is 3.11. The van der Waals surface area contributed by atoms with E-state index in [0.29, 0.717) is 0 Å². The minimum atomic E-state index is -0.342. The lowest BCUT2D eigenvalue weighted by Gasteiger charge is -2.25. The molecular weight excluding hydrogens is 246 g/mol. The summed E-state index contributed by atoms with van der Waals surface area (Å²) < 4.78 is 0. The van der Waals surface area contributed by atoms with Crippen molar-refractivity contribution in [3.63, 3.8) is 0 Å². The number of hydrogen-bond acceptors (Lipinski definition) is 2. The maximum absolute atomic E-state index is 10.6. The van der Waals surface area contributed by atoms with Crippen molar-refractivity contribution >= 4 is 0 Å². The lowest BCUT2D eigenvalue weighted by atomic mass is 10.0. The summed E-state index contributed by atoms with van der Waals surface area (Å²) in [6, 6.07) is 6.43. The quantitative estimate of drug-likeness (QED) is 0.822. The SMILES string of the molecule is Cc1cc(C)cc(C(O)CN(CC2CC2)CC2CC2)c1. The lowest BCUT2D eigenvalue weighted by Crippen LogP contribution is -2.32. The Morgan fingerprint density at radius 1 is 1.00 bits per heavy atom. The van der Waals surface area contributed by atoms with Gasteiger partial charge in [-0.1, -0.05) is 29.3 Å². The summed E-state index contributed by atoms with van der Waals surface area (Å²) in [5, 5.41) is 10.6. The molecule has 0 radical (unpaired) electrons. The second-order valence-corrected chi connectivity index (χ2v) is 7.04. The Labute approximate surface area is 122 Å². The highest BCUT2D eigenvalue weighted by Gasteiger charge is 2.30. The summed E-state index contributed by atoms with van der Waals surface area (Å²) in [4.78, 5) is 2.51. The molecule has 20 heavy (non-hydrogen) atoms. The topological polar surface area (TPSA) is 23.5 Å². The van der Waals surface area contributed by atoms with Gasteiger partial charge < -0.3 is 5.11 Å². The summed E-state index contributed by atoms with van der Waals surface area (Å²) in [6.07, 6.45) is 5.22. The van der Waals surface area contributed by atoms with E-state index in [2.05, 4.69) is 36.9 Å². The third-order valence-corrected chi connectivity index (χ3v) is 4.49. The molecule has 0 bridgehead atoms. The van der Waals surface area contributed by atoms with Crippen molar-refractivity contribution in [3.8, 4) is 0 Å². The molecule has 2 fully saturated rings. The van der Waals surface area contributed by atoms with Crippen molar-refractivity contribution in [2.24, 2.45) is 11.8 Å². The van der Waals surface area contributed by atoms with Gasteiger partial charge in [0.1, 0.15) is 0 Å². The molecule has 1 aromatic carbocycles. The highest BCUT2D eigenvalue weighted by Crippen LogP contribution is 2.34. The number of aryl methyl sites for hydroxylation is 2. The normalized spacial score (nSPS) is 20.4. The molecule has 110 valence electrons. The predicted octanol–water partition coefficient (Wildman–Crippen LogP) is 3.46. The molecule has 2 aliphatic rings. The van der Waals surface area contributed by atoms with Crippen molar-refractivity contribution in [1.29, 1.82) is 0 Å². The van der Waals surface area contributed by atoms with E-state index in [4.69, 9.17) is 0 Å². The Morgan fingerprint density at radius 3 is 1.95 bits per heavy atom. The molecule has 3 rings (SSSR count). The van der Waals surface area contributed by atoms with Gasteiger partial charge in [0.05, 0.1) is 6.10 Å². The van der Waals surface area contributed by atoms with Crippen LogP contribution in [0.5, 0.6) is 0 Å². The van der Waals surface area contributed by atoms with E-state index in [-0.39, 0.29) is 6.10 Å². The molecule has 1 N–H and O–H groups in total. The molecule has 2 saturated carbocycles. The van der Waals surface area contributed by atoms with Crippen molar-refractivity contribution < 1.29 is 5.11 Å². The van der Waals surface area contributed by atoms with Crippen LogP contribution in [0.25, 0.3) is 0 Å². The van der Waals surface area contributed by atoms with Crippen LogP contribution in [-0.2, 0) is 0 Å². The Bertz CT molecular complexity index is 428. The molecule has 2 aliphatic carbocycles. The summed E-state index contributed by atoms with van der Waals surface area (Å²) >= 11 is 0. The van der Waals surface area contributed by atoms with Crippen LogP contribution in [0.2, 0.25) is 0 Å². The number of aliphatic hydroxyl groups is 1. The van der Waals surface area contributed by atoms with Gasteiger partial charge >= 0.3 is 0 Å². The molecule has 1 aromatic rings. The summed E-state index contributed by atoms with van der Waals surface area (Å²) in [5.74, 6) is 1.81. The van der Waals surface area contributed by atoms with E-state index in [9.17, 15) is 5.11 Å². The Hall–Kier alpha value is -0.860. The van der Waals surface area contributed by atoms with Gasteiger partial charge in [-0.05, 0) is 56.9 Å². The van der Waals surface area contributed by atoms with Gasteiger partial charge in [-0.25, -0.2) is 0 Å². The van der Waals surface area contributed by atoms with Gasteiger partial charge in [-0.15, -0.1) is 0 Å². The second-order valence-electron chi connectivity index (χ2n) is 7.04. The van der Waals surface area contributed by atoms with Crippen LogP contribution in [0.1, 0.15) is 48.5 Å². The predicted molar refractivity (Wildman–Crippen MR) is 82.8 cm³/mol. The zero-order valence-electron chi connectivity index (χ0n) is 12.8. The molecule has 0 spiro atoms. The Morgan fingerprint density at radius 2 is 1.50 bits per heavy atom. The van der Waals surface area contributed by atoms with E-state index in [1.54, 1.807) is 0 Å². The number of rotatable bonds is 7. The smallest absolute Gasteiger partial charge is 0.0917 e. The average molecular weight is 273 g/mol. The fraction of sp³-hybridized carbons (Fsp3) is 0.667. The van der Waals surface area contributed by atoms with Gasteiger partial charge in [0.2, 0.25) is 0 Å². The molecule has 0 aromatic heterocycles. The summed E-state index contributed by atoms with van der Waals surface area (Å²) in [7, 11) is 0. The van der Waals surface area contributed by atoms with Crippen molar-refractivity contribution in [1.82, 2.24) is 4.90 Å². The first kappa shape index (κ1) is 14.1. The number of hydrogen-bond donors (Lipinski definition) is 1. The van der Waals surface area contributed by atoms with Gasteiger partial charge in [0.25, 0.3) is 0 Å². The zero-order valence-corrected chi connectivity index (χ0v) is 12.8. The molecule has 1 atom stereocenters. The third kappa shape index (κ3) is 4.07. The summed E-state index contributed by atoms with van der Waals surface area (Å²) in [5.41, 5.74) is 3.57. The van der Waals surface area contributed by atoms with Crippen LogP contribution >= 0.6 is 0 Å². The van der Waals surface area contributed by atoms with Crippen molar-refractivity contribution in [2.45, 2.75) is 45.6 Å². The van der Waals surface area contributed by atoms with E-state index >= 15 is 0 Å². The molecule has 1 unspecified atom stereocenters. The van der Waals surface area contributed by atoms with Gasteiger partial charge in [-0.2, -0.15) is 0 Å². The molecule has 0 aliphatic heterocycles. The lowest BCUT2D eigenvalue weighted by molar-refractivity contribution is 0.107. The summed E-state index contributed by atoms with van der Waals surface area (Å²) in [6.45, 7) is 7.40. The molecular formula is C18H27NO. The zero-order chi connectivity index (χ0) is 14.1. The van der Waals surface area contributed by atoms with Gasteiger partial charge in [0.15, 0.2) is 0 Å². The maximum atomic E-state index is 10.6. The van der Waals surface area contributed by atoms with Crippen LogP contribution in [-0.4, -0.2) is 29.6 Å². The fourth-order valence-electron chi connectivity index (χ4n) is 3.11. The maximum Gasteiger partial charge on any atom is 0.0917 e. The third-order valence-electron chi connectivity index (χ3n) is 4.49. The monoisotopic (exact) mass is 273 g/mol. The van der Waals surface area contributed by atoms with E-state index < -0.39 is 0 Å². The molecule has 0 heterocycles. The van der Waals surface area contributed by atoms with Gasteiger partial charge in [-0.3, -0.25) is 4.90 Å². The standard InChI is InChI=1S/C18H27NO/c1-13-7-14(2)9-17(8-13)18(20)12-19(10-15-3-4-15)11-16-5-6-16/h7-9,15-16,18,20H,3-6,10-12H2,1-2H3. The van der Waals surface area contributed by atoms with Crippen LogP contribution in [0.3, 0.4) is 0 Å². The van der Waals surface area contributed by atoms with E-state index in [0.717, 1.165) is 23.9 Å². The van der Waals surface area contributed by atoms with Crippen molar-refractivity contribution in [3.05, 3.63) is 34.9 Å². The first-order valence-corrected chi connectivity index (χ1v) is 8.09. The van der Waals surface area contributed by atoms with Crippen LogP contribution in [0.4, 0.5) is 0 Å². The van der Waals surface area contributed by atoms with E-state index in [1.165, 1.54) is 49.9 Å². The minimum Gasteiger partial charge on any atom is -0.387 e. The number of nitrogens with zero attached hydrogens (tertiary/aromatic N) is 1. The number of benzene rings is 1. The second kappa shape index (κ2) is 5.87. The van der Waals surface area contributed by atoms with Crippen LogP contribution in [0, 0.1) is 25.7 Å². The van der Waals surface area contributed by atoms with Gasteiger partial charge in [0, 0.05) is 19.6 Å². The molecule has 2 heteroatoms. The van der Waals surface area contributed by atoms with Crippen LogP contribution < -0.4 is 0 Å². The number of aliphatic hydroxyl groups excluding tert-OH is 1. The molecule has 0 saturated heterocycles. The first-order valence-electron chi connectivity index (χ1n) is 8.09. The van der Waals surface area contributed by atoms with Crippen LogP contribution in [0.15, 0.2) is 18.2 Å². The van der Waals surface area contributed by atoms with Crippen molar-refractivity contribution in [2.75, 3.05) is 19.6 Å². The van der Waals surface area contributed by atoms with E-state index in [1.807, 2.05) is 0 Å². The average Bonchev–Trinajstić information content (AvgIpc) is 3.23. The highest BCUT2D eigenvalue weighted by molar-refractivity contribution is 5.30. The minimum absolute atomic E-state index is 0.342.